The van der Waals surface area contributed by atoms with E-state index in [0.29, 0.717) is 0 Å². The van der Waals surface area contributed by atoms with E-state index in [1.165, 1.54) is 6.07 Å². The number of hydrogen-bond donors (Lipinski definition) is 0. The van der Waals surface area contributed by atoms with Gasteiger partial charge in [-0.15, -0.1) is 13.2 Å². The van der Waals surface area contributed by atoms with Gasteiger partial charge in [0.15, 0.2) is 0 Å². The normalized spacial score (nSPS) is 12.1. The lowest BCUT2D eigenvalue weighted by molar-refractivity contribution is -0.276. The van der Waals surface area contributed by atoms with Crippen LogP contribution in [0, 0.1) is 11.3 Å². The second-order valence-electron chi connectivity index (χ2n) is 3.45. The molecule has 0 aliphatic heterocycles. The number of nitrogens with zero attached hydrogens (tertiary/aromatic N) is 2. The summed E-state index contributed by atoms with van der Waals surface area (Å²) in [5.41, 5.74) is -2.26. The van der Waals surface area contributed by atoms with Crippen LogP contribution in [-0.2, 0) is 17.9 Å². The molecular weight excluding hydrogens is 358 g/mol. The summed E-state index contributed by atoms with van der Waals surface area (Å²) in [5.74, 6) is -1.05. The van der Waals surface area contributed by atoms with Crippen molar-refractivity contribution in [3.05, 3.63) is 22.9 Å². The maximum atomic E-state index is 12.7. The Bertz CT molecular complexity index is 534. The van der Waals surface area contributed by atoms with Crippen LogP contribution in [0.15, 0.2) is 6.20 Å². The third-order valence-corrected chi connectivity index (χ3v) is 2.73. The van der Waals surface area contributed by atoms with Gasteiger partial charge in [-0.2, -0.15) is 18.4 Å². The van der Waals surface area contributed by atoms with Gasteiger partial charge < -0.3 is 4.74 Å². The van der Waals surface area contributed by atoms with Crippen molar-refractivity contribution in [1.29, 1.82) is 5.26 Å². The van der Waals surface area contributed by atoms with Gasteiger partial charge in [0.05, 0.1) is 18.1 Å². The van der Waals surface area contributed by atoms with Crippen LogP contribution in [0.5, 0.6) is 5.88 Å². The van der Waals surface area contributed by atoms with Gasteiger partial charge in [-0.3, -0.25) is 0 Å². The molecule has 10 heteroatoms. The van der Waals surface area contributed by atoms with Crippen molar-refractivity contribution in [2.24, 2.45) is 0 Å². The molecule has 0 radical (unpaired) electrons. The Morgan fingerprint density at radius 3 is 2.20 bits per heavy atom. The average Bonchev–Trinajstić information content (AvgIpc) is 2.27. The molecule has 1 rings (SSSR count). The van der Waals surface area contributed by atoms with Crippen molar-refractivity contribution < 1.29 is 31.1 Å². The van der Waals surface area contributed by atoms with Crippen molar-refractivity contribution in [1.82, 2.24) is 4.98 Å². The van der Waals surface area contributed by atoms with E-state index in [1.54, 1.807) is 0 Å². The van der Waals surface area contributed by atoms with E-state index in [4.69, 9.17) is 5.26 Å². The van der Waals surface area contributed by atoms with E-state index in [9.17, 15) is 26.3 Å². The molecule has 0 N–H and O–H groups in total. The molecule has 0 atom stereocenters. The molecule has 20 heavy (non-hydrogen) atoms. The maximum absolute atomic E-state index is 12.7. The SMILES string of the molecule is N#CCc1c(OC(F)(F)F)ncc(C(F)(F)F)c1CBr. The molecule has 1 heterocycles. The van der Waals surface area contributed by atoms with Crippen LogP contribution in [0.2, 0.25) is 0 Å². The zero-order chi connectivity index (χ0) is 15.6. The minimum absolute atomic E-state index is 0.249. The molecule has 3 nitrogen and oxygen atoms in total. The van der Waals surface area contributed by atoms with Crippen LogP contribution in [0.1, 0.15) is 16.7 Å². The molecule has 0 aliphatic rings. The van der Waals surface area contributed by atoms with E-state index in [1.807, 2.05) is 0 Å². The molecule has 0 spiro atoms. The first-order valence-corrected chi connectivity index (χ1v) is 5.99. The molecule has 0 saturated heterocycles. The quantitative estimate of drug-likeness (QED) is 0.603. The Morgan fingerprint density at radius 2 is 1.80 bits per heavy atom. The smallest absolute Gasteiger partial charge is 0.388 e. The van der Waals surface area contributed by atoms with Crippen molar-refractivity contribution in [2.45, 2.75) is 24.3 Å². The number of rotatable bonds is 3. The first-order valence-electron chi connectivity index (χ1n) is 4.86. The van der Waals surface area contributed by atoms with Gasteiger partial charge in [0.25, 0.3) is 0 Å². The highest BCUT2D eigenvalue weighted by atomic mass is 79.9. The van der Waals surface area contributed by atoms with Crippen LogP contribution in [0.25, 0.3) is 0 Å². The van der Waals surface area contributed by atoms with Crippen LogP contribution in [-0.4, -0.2) is 11.3 Å². The molecule has 0 bridgehead atoms. The Kier molecular flexibility index (Phi) is 4.86. The maximum Gasteiger partial charge on any atom is 0.574 e. The van der Waals surface area contributed by atoms with Gasteiger partial charge in [0.1, 0.15) is 0 Å². The highest BCUT2D eigenvalue weighted by Gasteiger charge is 2.38. The standard InChI is InChI=1S/C10H5BrF6N2O/c11-3-6-5(1-2-18)8(20-10(15,16)17)19-4-7(6)9(12,13)14/h4H,1,3H2. The second kappa shape index (κ2) is 5.87. The molecule has 0 saturated carbocycles. The minimum Gasteiger partial charge on any atom is -0.388 e. The van der Waals surface area contributed by atoms with E-state index >= 15 is 0 Å². The summed E-state index contributed by atoms with van der Waals surface area (Å²) in [6.07, 6.45) is -10.3. The zero-order valence-corrected chi connectivity index (χ0v) is 11.0. The Morgan fingerprint density at radius 1 is 1.20 bits per heavy atom. The van der Waals surface area contributed by atoms with Gasteiger partial charge in [-0.05, 0) is 5.56 Å². The zero-order valence-electron chi connectivity index (χ0n) is 9.44. The molecule has 1 aromatic rings. The molecular formula is C10H5BrF6N2O. The largest absolute Gasteiger partial charge is 0.574 e. The van der Waals surface area contributed by atoms with E-state index in [-0.39, 0.29) is 6.20 Å². The van der Waals surface area contributed by atoms with Crippen molar-refractivity contribution in [3.8, 4) is 11.9 Å². The highest BCUT2D eigenvalue weighted by molar-refractivity contribution is 9.08. The van der Waals surface area contributed by atoms with Crippen molar-refractivity contribution >= 4 is 15.9 Å². The lowest BCUT2D eigenvalue weighted by Crippen LogP contribution is -2.21. The van der Waals surface area contributed by atoms with E-state index in [2.05, 4.69) is 25.7 Å². The summed E-state index contributed by atoms with van der Waals surface area (Å²) in [6.45, 7) is 0. The van der Waals surface area contributed by atoms with Gasteiger partial charge in [-0.1, -0.05) is 15.9 Å². The summed E-state index contributed by atoms with van der Waals surface area (Å²) in [4.78, 5) is 3.02. The molecule has 1 aromatic heterocycles. The van der Waals surface area contributed by atoms with Crippen LogP contribution in [0.3, 0.4) is 0 Å². The number of alkyl halides is 7. The van der Waals surface area contributed by atoms with Crippen molar-refractivity contribution in [3.63, 3.8) is 0 Å². The van der Waals surface area contributed by atoms with Crippen molar-refractivity contribution in [2.75, 3.05) is 0 Å². The fourth-order valence-electron chi connectivity index (χ4n) is 1.43. The van der Waals surface area contributed by atoms with Gasteiger partial charge in [-0.25, -0.2) is 4.98 Å². The summed E-state index contributed by atoms with van der Waals surface area (Å²) in [6, 6.07) is 1.49. The first kappa shape index (κ1) is 16.6. The number of ether oxygens (including phenoxy) is 1. The summed E-state index contributed by atoms with van der Waals surface area (Å²) >= 11 is 2.76. The van der Waals surface area contributed by atoms with E-state index in [0.717, 1.165) is 0 Å². The van der Waals surface area contributed by atoms with Gasteiger partial charge >= 0.3 is 12.5 Å². The number of pyridine rings is 1. The minimum atomic E-state index is -5.11. The van der Waals surface area contributed by atoms with Crippen LogP contribution in [0.4, 0.5) is 26.3 Å². The second-order valence-corrected chi connectivity index (χ2v) is 4.01. The van der Waals surface area contributed by atoms with Gasteiger partial charge in [0, 0.05) is 17.1 Å². The Balaban J connectivity index is 3.46. The first-order chi connectivity index (χ1) is 9.10. The molecule has 0 aliphatic carbocycles. The molecule has 0 unspecified atom stereocenters. The summed E-state index contributed by atoms with van der Waals surface area (Å²) in [5, 5.41) is 8.15. The molecule has 0 fully saturated rings. The van der Waals surface area contributed by atoms with E-state index < -0.39 is 46.9 Å². The predicted octanol–water partition coefficient (Wildman–Crippen LogP) is 3.96. The fourth-order valence-corrected chi connectivity index (χ4v) is 2.07. The Labute approximate surface area is 117 Å². The molecule has 0 amide bonds. The van der Waals surface area contributed by atoms with Gasteiger partial charge in [0.2, 0.25) is 5.88 Å². The summed E-state index contributed by atoms with van der Waals surface area (Å²) in [7, 11) is 0. The van der Waals surface area contributed by atoms with Crippen LogP contribution >= 0.6 is 15.9 Å². The molecule has 110 valence electrons. The predicted molar refractivity (Wildman–Crippen MR) is 57.9 cm³/mol. The fraction of sp³-hybridized carbons (Fsp3) is 0.400. The average molecular weight is 363 g/mol. The summed E-state index contributed by atoms with van der Waals surface area (Å²) < 4.78 is 78.2. The number of aromatic nitrogens is 1. The van der Waals surface area contributed by atoms with Crippen LogP contribution < -0.4 is 4.74 Å². The number of hydrogen-bond acceptors (Lipinski definition) is 3. The third kappa shape index (κ3) is 4.00. The number of nitriles is 1. The highest BCUT2D eigenvalue weighted by Crippen LogP contribution is 2.37. The molecule has 0 aromatic carbocycles. The topological polar surface area (TPSA) is 45.9 Å². The third-order valence-electron chi connectivity index (χ3n) is 2.17. The lowest BCUT2D eigenvalue weighted by atomic mass is 10.0. The number of halogens is 7. The Hall–Kier alpha value is -1.50. The lowest BCUT2D eigenvalue weighted by Gasteiger charge is -2.17. The monoisotopic (exact) mass is 362 g/mol.